The minimum atomic E-state index is -0.137. The minimum absolute atomic E-state index is 0.137. The van der Waals surface area contributed by atoms with Crippen LogP contribution in [0.2, 0.25) is 0 Å². The Morgan fingerprint density at radius 1 is 1.08 bits per heavy atom. The molecule has 0 fully saturated rings. The van der Waals surface area contributed by atoms with Crippen molar-refractivity contribution >= 4 is 17.3 Å². The number of benzene rings is 2. The normalized spacial score (nSPS) is 10.0. The maximum atomic E-state index is 12.1. The van der Waals surface area contributed by atoms with Gasteiger partial charge < -0.3 is 20.1 Å². The second-order valence-electron chi connectivity index (χ2n) is 5.60. The van der Waals surface area contributed by atoms with Crippen molar-refractivity contribution < 1.29 is 14.3 Å². The average molecular weight is 340 g/mol. The Hall–Kier alpha value is -2.95. The summed E-state index contributed by atoms with van der Waals surface area (Å²) in [4.78, 5) is 12.1. The van der Waals surface area contributed by atoms with Crippen molar-refractivity contribution in [2.45, 2.75) is 13.8 Å². The van der Waals surface area contributed by atoms with E-state index in [1.165, 1.54) is 0 Å². The van der Waals surface area contributed by atoms with Gasteiger partial charge in [-0.2, -0.15) is 0 Å². The van der Waals surface area contributed by atoms with Crippen LogP contribution in [0.25, 0.3) is 0 Å². The molecule has 0 aromatic heterocycles. The highest BCUT2D eigenvalue weighted by molar-refractivity contribution is 5.94. The van der Waals surface area contributed by atoms with E-state index < -0.39 is 0 Å². The number of anilines is 2. The Balaban J connectivity index is 1.85. The number of para-hydroxylation sites is 2. The van der Waals surface area contributed by atoms with Crippen LogP contribution >= 0.6 is 0 Å². The summed E-state index contributed by atoms with van der Waals surface area (Å²) in [5.74, 6) is 1.34. The SMILES string of the molecule is C=C(C)COc1ccc(NC(=O)CNc2ccccc2OCC)cc1. The van der Waals surface area contributed by atoms with Crippen LogP contribution in [0.5, 0.6) is 11.5 Å². The summed E-state index contributed by atoms with van der Waals surface area (Å²) in [7, 11) is 0. The standard InChI is InChI=1S/C20H24N2O3/c1-4-24-19-8-6-5-7-18(19)21-13-20(23)22-16-9-11-17(12-10-16)25-14-15(2)3/h5-12,21H,2,4,13-14H2,1,3H3,(H,22,23). The maximum Gasteiger partial charge on any atom is 0.243 e. The summed E-state index contributed by atoms with van der Waals surface area (Å²) in [6.07, 6.45) is 0. The van der Waals surface area contributed by atoms with E-state index in [-0.39, 0.29) is 12.5 Å². The van der Waals surface area contributed by atoms with Crippen molar-refractivity contribution in [2.75, 3.05) is 30.4 Å². The Labute approximate surface area is 148 Å². The third-order valence-corrected chi connectivity index (χ3v) is 3.25. The van der Waals surface area contributed by atoms with Crippen LogP contribution in [-0.2, 0) is 4.79 Å². The van der Waals surface area contributed by atoms with E-state index in [0.29, 0.717) is 18.9 Å². The number of rotatable bonds is 9. The zero-order valence-corrected chi connectivity index (χ0v) is 14.7. The molecule has 2 aromatic rings. The maximum absolute atomic E-state index is 12.1. The molecule has 0 heterocycles. The van der Waals surface area contributed by atoms with Gasteiger partial charge >= 0.3 is 0 Å². The lowest BCUT2D eigenvalue weighted by atomic mass is 10.3. The van der Waals surface area contributed by atoms with Crippen LogP contribution in [0.15, 0.2) is 60.7 Å². The molecule has 5 nitrogen and oxygen atoms in total. The number of nitrogens with one attached hydrogen (secondary N) is 2. The fourth-order valence-electron chi connectivity index (χ4n) is 2.12. The van der Waals surface area contributed by atoms with E-state index in [0.717, 1.165) is 22.8 Å². The van der Waals surface area contributed by atoms with E-state index in [4.69, 9.17) is 9.47 Å². The first kappa shape index (κ1) is 18.4. The number of hydrogen-bond acceptors (Lipinski definition) is 4. The van der Waals surface area contributed by atoms with Gasteiger partial charge in [-0.05, 0) is 55.8 Å². The van der Waals surface area contributed by atoms with Crippen molar-refractivity contribution in [2.24, 2.45) is 0 Å². The van der Waals surface area contributed by atoms with Crippen LogP contribution < -0.4 is 20.1 Å². The molecular weight excluding hydrogens is 316 g/mol. The Bertz CT molecular complexity index is 711. The van der Waals surface area contributed by atoms with Crippen LogP contribution in [-0.4, -0.2) is 25.7 Å². The molecule has 0 unspecified atom stereocenters. The molecule has 0 spiro atoms. The van der Waals surface area contributed by atoms with Gasteiger partial charge in [0.25, 0.3) is 0 Å². The van der Waals surface area contributed by atoms with Gasteiger partial charge in [-0.15, -0.1) is 0 Å². The van der Waals surface area contributed by atoms with E-state index in [2.05, 4.69) is 17.2 Å². The topological polar surface area (TPSA) is 59.6 Å². The van der Waals surface area contributed by atoms with Gasteiger partial charge in [0.05, 0.1) is 18.8 Å². The van der Waals surface area contributed by atoms with Gasteiger partial charge in [0.2, 0.25) is 5.91 Å². The molecule has 0 aliphatic carbocycles. The Kier molecular flexibility index (Phi) is 6.89. The molecule has 0 atom stereocenters. The first-order valence-corrected chi connectivity index (χ1v) is 8.21. The lowest BCUT2D eigenvalue weighted by molar-refractivity contribution is -0.114. The van der Waals surface area contributed by atoms with Crippen LogP contribution in [0.1, 0.15) is 13.8 Å². The molecule has 0 saturated heterocycles. The highest BCUT2D eigenvalue weighted by Gasteiger charge is 2.06. The highest BCUT2D eigenvalue weighted by atomic mass is 16.5. The number of carbonyl (C=O) groups excluding carboxylic acids is 1. The van der Waals surface area contributed by atoms with Gasteiger partial charge in [-0.25, -0.2) is 0 Å². The first-order valence-electron chi connectivity index (χ1n) is 8.21. The number of hydrogen-bond donors (Lipinski definition) is 2. The Morgan fingerprint density at radius 2 is 1.80 bits per heavy atom. The third kappa shape index (κ3) is 6.22. The zero-order valence-electron chi connectivity index (χ0n) is 14.7. The summed E-state index contributed by atoms with van der Waals surface area (Å²) in [6.45, 7) is 8.83. The molecular formula is C20H24N2O3. The molecule has 0 radical (unpaired) electrons. The molecule has 5 heteroatoms. The number of ether oxygens (including phenoxy) is 2. The minimum Gasteiger partial charge on any atom is -0.492 e. The molecule has 132 valence electrons. The van der Waals surface area contributed by atoms with E-state index in [1.807, 2.05) is 50.2 Å². The van der Waals surface area contributed by atoms with Crippen LogP contribution in [0.4, 0.5) is 11.4 Å². The predicted octanol–water partition coefficient (Wildman–Crippen LogP) is 4.09. The smallest absolute Gasteiger partial charge is 0.243 e. The fraction of sp³-hybridized carbons (Fsp3) is 0.250. The Morgan fingerprint density at radius 3 is 2.48 bits per heavy atom. The van der Waals surface area contributed by atoms with E-state index in [9.17, 15) is 4.79 Å². The summed E-state index contributed by atoms with van der Waals surface area (Å²) in [5.41, 5.74) is 2.46. The second-order valence-corrected chi connectivity index (χ2v) is 5.60. The van der Waals surface area contributed by atoms with Gasteiger partial charge in [0.1, 0.15) is 18.1 Å². The quantitative estimate of drug-likeness (QED) is 0.675. The van der Waals surface area contributed by atoms with Crippen molar-refractivity contribution in [3.63, 3.8) is 0 Å². The van der Waals surface area contributed by atoms with Crippen molar-refractivity contribution in [3.05, 3.63) is 60.7 Å². The van der Waals surface area contributed by atoms with Gasteiger partial charge in [0.15, 0.2) is 0 Å². The molecule has 0 saturated carbocycles. The lowest BCUT2D eigenvalue weighted by Crippen LogP contribution is -2.22. The predicted molar refractivity (Wildman–Crippen MR) is 101 cm³/mol. The number of carbonyl (C=O) groups is 1. The molecule has 2 N–H and O–H groups in total. The van der Waals surface area contributed by atoms with Gasteiger partial charge in [0, 0.05) is 5.69 Å². The van der Waals surface area contributed by atoms with Gasteiger partial charge in [-0.3, -0.25) is 4.79 Å². The van der Waals surface area contributed by atoms with Gasteiger partial charge in [-0.1, -0.05) is 18.7 Å². The molecule has 0 bridgehead atoms. The highest BCUT2D eigenvalue weighted by Crippen LogP contribution is 2.23. The number of amides is 1. The first-order chi connectivity index (χ1) is 12.1. The summed E-state index contributed by atoms with van der Waals surface area (Å²) in [6, 6.07) is 14.8. The molecule has 1 amide bonds. The van der Waals surface area contributed by atoms with Crippen molar-refractivity contribution in [3.8, 4) is 11.5 Å². The van der Waals surface area contributed by atoms with Crippen LogP contribution in [0.3, 0.4) is 0 Å². The average Bonchev–Trinajstić information content (AvgIpc) is 2.60. The third-order valence-electron chi connectivity index (χ3n) is 3.25. The largest absolute Gasteiger partial charge is 0.492 e. The lowest BCUT2D eigenvalue weighted by Gasteiger charge is -2.12. The summed E-state index contributed by atoms with van der Waals surface area (Å²) in [5, 5.41) is 5.93. The molecule has 2 aromatic carbocycles. The summed E-state index contributed by atoms with van der Waals surface area (Å²) < 4.78 is 11.1. The van der Waals surface area contributed by atoms with Crippen molar-refractivity contribution in [1.82, 2.24) is 0 Å². The zero-order chi connectivity index (χ0) is 18.1. The van der Waals surface area contributed by atoms with E-state index in [1.54, 1.807) is 12.1 Å². The van der Waals surface area contributed by atoms with Crippen molar-refractivity contribution in [1.29, 1.82) is 0 Å². The molecule has 2 rings (SSSR count). The summed E-state index contributed by atoms with van der Waals surface area (Å²) >= 11 is 0. The molecule has 25 heavy (non-hydrogen) atoms. The fourth-order valence-corrected chi connectivity index (χ4v) is 2.12. The van der Waals surface area contributed by atoms with Crippen LogP contribution in [0, 0.1) is 0 Å². The second kappa shape index (κ2) is 9.37. The molecule has 0 aliphatic rings. The van der Waals surface area contributed by atoms with E-state index >= 15 is 0 Å². The molecule has 0 aliphatic heterocycles. The monoisotopic (exact) mass is 340 g/mol.